The van der Waals surface area contributed by atoms with Crippen molar-refractivity contribution in [1.29, 1.82) is 0 Å². The third kappa shape index (κ3) is 2.60. The Morgan fingerprint density at radius 2 is 2.10 bits per heavy atom. The maximum absolute atomic E-state index is 12.4. The van der Waals surface area contributed by atoms with Gasteiger partial charge in [-0.3, -0.25) is 9.59 Å². The molecule has 5 heteroatoms. The van der Waals surface area contributed by atoms with Crippen molar-refractivity contribution in [3.63, 3.8) is 0 Å². The maximum atomic E-state index is 12.4. The van der Waals surface area contributed by atoms with E-state index in [0.717, 1.165) is 25.7 Å². The van der Waals surface area contributed by atoms with Crippen molar-refractivity contribution in [3.8, 4) is 5.75 Å². The summed E-state index contributed by atoms with van der Waals surface area (Å²) in [5.41, 5.74) is 1.02. The molecule has 1 heterocycles. The number of hydrogen-bond donors (Lipinski definition) is 2. The molecule has 1 aliphatic heterocycles. The van der Waals surface area contributed by atoms with Gasteiger partial charge in [0.1, 0.15) is 5.75 Å². The lowest BCUT2D eigenvalue weighted by molar-refractivity contribution is -0.124. The highest BCUT2D eigenvalue weighted by Gasteiger charge is 2.36. The Balaban J connectivity index is 1.77. The predicted molar refractivity (Wildman–Crippen MR) is 80.4 cm³/mol. The number of benzene rings is 1. The Morgan fingerprint density at radius 3 is 2.81 bits per heavy atom. The molecule has 1 saturated carbocycles. The average Bonchev–Trinajstić information content (AvgIpc) is 2.89. The number of ether oxygens (including phenoxy) is 1. The van der Waals surface area contributed by atoms with Crippen molar-refractivity contribution in [1.82, 2.24) is 0 Å². The number of rotatable bonds is 2. The first kappa shape index (κ1) is 13.9. The largest absolute Gasteiger partial charge is 0.479 e. The summed E-state index contributed by atoms with van der Waals surface area (Å²) in [6, 6.07) is 5.33. The van der Waals surface area contributed by atoms with E-state index in [2.05, 4.69) is 10.6 Å². The van der Waals surface area contributed by atoms with Crippen molar-refractivity contribution in [2.45, 2.75) is 45.6 Å². The van der Waals surface area contributed by atoms with Crippen molar-refractivity contribution in [2.75, 3.05) is 10.6 Å². The Kier molecular flexibility index (Phi) is 3.35. The molecule has 0 bridgehead atoms. The van der Waals surface area contributed by atoms with E-state index in [1.807, 2.05) is 6.92 Å². The van der Waals surface area contributed by atoms with Gasteiger partial charge in [0, 0.05) is 11.1 Å². The summed E-state index contributed by atoms with van der Waals surface area (Å²) in [6.45, 7) is 3.72. The predicted octanol–water partition coefficient (Wildman–Crippen LogP) is 2.92. The van der Waals surface area contributed by atoms with Crippen LogP contribution in [0, 0.1) is 5.41 Å². The van der Waals surface area contributed by atoms with Crippen LogP contribution in [0.3, 0.4) is 0 Å². The van der Waals surface area contributed by atoms with Crippen molar-refractivity contribution < 1.29 is 14.3 Å². The summed E-state index contributed by atoms with van der Waals surface area (Å²) in [6.07, 6.45) is 3.59. The quantitative estimate of drug-likeness (QED) is 0.879. The zero-order chi connectivity index (χ0) is 15.0. The fraction of sp³-hybridized carbons (Fsp3) is 0.500. The molecule has 21 heavy (non-hydrogen) atoms. The fourth-order valence-corrected chi connectivity index (χ4v) is 2.95. The van der Waals surface area contributed by atoms with E-state index in [0.29, 0.717) is 17.1 Å². The lowest BCUT2D eigenvalue weighted by Crippen LogP contribution is -2.34. The van der Waals surface area contributed by atoms with E-state index in [9.17, 15) is 9.59 Å². The zero-order valence-corrected chi connectivity index (χ0v) is 12.4. The third-order valence-corrected chi connectivity index (χ3v) is 4.42. The minimum Gasteiger partial charge on any atom is -0.479 e. The van der Waals surface area contributed by atoms with Crippen LogP contribution in [0.5, 0.6) is 5.75 Å². The SMILES string of the molecule is CC1Oc2ccc(NC(=O)C3(C)CCCC3)cc2NC1=O. The molecule has 0 aromatic heterocycles. The molecule has 1 unspecified atom stereocenters. The van der Waals surface area contributed by atoms with Crippen molar-refractivity contribution in [3.05, 3.63) is 18.2 Å². The van der Waals surface area contributed by atoms with Gasteiger partial charge in [0.2, 0.25) is 5.91 Å². The molecular formula is C16H20N2O3. The van der Waals surface area contributed by atoms with Gasteiger partial charge in [-0.05, 0) is 38.0 Å². The topological polar surface area (TPSA) is 67.4 Å². The van der Waals surface area contributed by atoms with Gasteiger partial charge in [-0.1, -0.05) is 19.8 Å². The monoisotopic (exact) mass is 288 g/mol. The van der Waals surface area contributed by atoms with Crippen LogP contribution in [0.1, 0.15) is 39.5 Å². The Morgan fingerprint density at radius 1 is 1.38 bits per heavy atom. The van der Waals surface area contributed by atoms with Gasteiger partial charge < -0.3 is 15.4 Å². The molecule has 0 radical (unpaired) electrons. The Hall–Kier alpha value is -2.04. The number of carbonyl (C=O) groups is 2. The first-order chi connectivity index (χ1) is 9.98. The Labute approximate surface area is 124 Å². The third-order valence-electron chi connectivity index (χ3n) is 4.42. The molecule has 2 aliphatic rings. The smallest absolute Gasteiger partial charge is 0.265 e. The molecule has 1 aromatic carbocycles. The molecule has 1 fully saturated rings. The van der Waals surface area contributed by atoms with Gasteiger partial charge in [0.25, 0.3) is 5.91 Å². The van der Waals surface area contributed by atoms with Crippen LogP contribution in [0.4, 0.5) is 11.4 Å². The summed E-state index contributed by atoms with van der Waals surface area (Å²) in [5.74, 6) is 0.511. The molecule has 112 valence electrons. The van der Waals surface area contributed by atoms with Gasteiger partial charge in [-0.25, -0.2) is 0 Å². The fourth-order valence-electron chi connectivity index (χ4n) is 2.95. The Bertz CT molecular complexity index is 591. The number of anilines is 2. The number of nitrogens with one attached hydrogen (secondary N) is 2. The second-order valence-corrected chi connectivity index (χ2v) is 6.18. The van der Waals surface area contributed by atoms with Gasteiger partial charge >= 0.3 is 0 Å². The molecule has 5 nitrogen and oxygen atoms in total. The number of carbonyl (C=O) groups excluding carboxylic acids is 2. The molecule has 0 saturated heterocycles. The van der Waals surface area contributed by atoms with Crippen LogP contribution >= 0.6 is 0 Å². The molecule has 2 N–H and O–H groups in total. The summed E-state index contributed by atoms with van der Waals surface area (Å²) in [7, 11) is 0. The molecule has 2 amide bonds. The van der Waals surface area contributed by atoms with E-state index in [1.165, 1.54) is 0 Å². The summed E-state index contributed by atoms with van der Waals surface area (Å²) in [5, 5.41) is 5.74. The van der Waals surface area contributed by atoms with E-state index in [-0.39, 0.29) is 17.2 Å². The molecule has 3 rings (SSSR count). The zero-order valence-electron chi connectivity index (χ0n) is 12.4. The normalized spacial score (nSPS) is 23.0. The minimum absolute atomic E-state index is 0.0522. The van der Waals surface area contributed by atoms with Crippen molar-refractivity contribution >= 4 is 23.2 Å². The van der Waals surface area contributed by atoms with Crippen LogP contribution in [-0.2, 0) is 9.59 Å². The molecule has 1 atom stereocenters. The van der Waals surface area contributed by atoms with E-state index in [4.69, 9.17) is 4.74 Å². The van der Waals surface area contributed by atoms with Gasteiger partial charge in [-0.2, -0.15) is 0 Å². The van der Waals surface area contributed by atoms with E-state index in [1.54, 1.807) is 25.1 Å². The van der Waals surface area contributed by atoms with Crippen LogP contribution in [0.25, 0.3) is 0 Å². The first-order valence-electron chi connectivity index (χ1n) is 7.41. The van der Waals surface area contributed by atoms with Crippen LogP contribution < -0.4 is 15.4 Å². The number of fused-ring (bicyclic) bond motifs is 1. The first-order valence-corrected chi connectivity index (χ1v) is 7.41. The lowest BCUT2D eigenvalue weighted by atomic mass is 9.88. The van der Waals surface area contributed by atoms with Gasteiger partial charge in [0.15, 0.2) is 6.10 Å². The second-order valence-electron chi connectivity index (χ2n) is 6.18. The van der Waals surface area contributed by atoms with Gasteiger partial charge in [-0.15, -0.1) is 0 Å². The summed E-state index contributed by atoms with van der Waals surface area (Å²) < 4.78 is 5.50. The van der Waals surface area contributed by atoms with Gasteiger partial charge in [0.05, 0.1) is 5.69 Å². The van der Waals surface area contributed by atoms with E-state index >= 15 is 0 Å². The molecule has 0 spiro atoms. The summed E-state index contributed by atoms with van der Waals surface area (Å²) in [4.78, 5) is 24.0. The van der Waals surface area contributed by atoms with Crippen LogP contribution in [0.2, 0.25) is 0 Å². The second kappa shape index (κ2) is 5.06. The number of amides is 2. The maximum Gasteiger partial charge on any atom is 0.265 e. The average molecular weight is 288 g/mol. The lowest BCUT2D eigenvalue weighted by Gasteiger charge is -2.25. The van der Waals surface area contributed by atoms with E-state index < -0.39 is 6.10 Å². The van der Waals surface area contributed by atoms with Crippen molar-refractivity contribution in [2.24, 2.45) is 5.41 Å². The molecule has 1 aliphatic carbocycles. The highest BCUT2D eigenvalue weighted by molar-refractivity contribution is 6.00. The standard InChI is InChI=1S/C16H20N2O3/c1-10-14(19)18-12-9-11(5-6-13(12)21-10)17-15(20)16(2)7-3-4-8-16/h5-6,9-10H,3-4,7-8H2,1-2H3,(H,17,20)(H,18,19). The summed E-state index contributed by atoms with van der Waals surface area (Å²) >= 11 is 0. The minimum atomic E-state index is -0.490. The van der Waals surface area contributed by atoms with Crippen LogP contribution in [-0.4, -0.2) is 17.9 Å². The number of hydrogen-bond acceptors (Lipinski definition) is 3. The molecular weight excluding hydrogens is 268 g/mol. The van der Waals surface area contributed by atoms with Crippen LogP contribution in [0.15, 0.2) is 18.2 Å². The molecule has 1 aromatic rings. The highest BCUT2D eigenvalue weighted by Crippen LogP contribution is 2.39. The highest BCUT2D eigenvalue weighted by atomic mass is 16.5.